The fourth-order valence-electron chi connectivity index (χ4n) is 4.67. The van der Waals surface area contributed by atoms with E-state index < -0.39 is 0 Å². The number of anilines is 3. The number of fused-ring (bicyclic) bond motifs is 1. The number of halogens is 1. The number of imidazole rings is 1. The first kappa shape index (κ1) is 18.3. The molecule has 2 heterocycles. The molecular formula is C22H27FN6. The fourth-order valence-corrected chi connectivity index (χ4v) is 4.67. The first-order chi connectivity index (χ1) is 14.3. The minimum absolute atomic E-state index is 0.289. The molecule has 1 aromatic carbocycles. The van der Waals surface area contributed by atoms with E-state index in [1.165, 1.54) is 51.0 Å². The summed E-state index contributed by atoms with van der Waals surface area (Å²) in [5.74, 6) is 1.02. The number of para-hydroxylation sites is 1. The minimum Gasteiger partial charge on any atom is -0.351 e. The molecule has 3 aromatic rings. The molecule has 0 saturated heterocycles. The summed E-state index contributed by atoms with van der Waals surface area (Å²) in [5.41, 5.74) is 1.99. The van der Waals surface area contributed by atoms with Crippen LogP contribution in [0.2, 0.25) is 0 Å². The van der Waals surface area contributed by atoms with Crippen LogP contribution in [0.3, 0.4) is 0 Å². The Morgan fingerprint density at radius 3 is 2.48 bits per heavy atom. The number of nitrogens with one attached hydrogen (secondary N) is 2. The summed E-state index contributed by atoms with van der Waals surface area (Å²) in [6.45, 7) is 0. The molecular weight excluding hydrogens is 367 g/mol. The van der Waals surface area contributed by atoms with Gasteiger partial charge in [0.1, 0.15) is 11.3 Å². The van der Waals surface area contributed by atoms with Gasteiger partial charge in [-0.3, -0.25) is 4.57 Å². The molecule has 2 aliphatic carbocycles. The third-order valence-electron chi connectivity index (χ3n) is 6.18. The molecule has 29 heavy (non-hydrogen) atoms. The molecule has 6 nitrogen and oxygen atoms in total. The summed E-state index contributed by atoms with van der Waals surface area (Å²) in [4.78, 5) is 14.1. The molecule has 2 aromatic heterocycles. The fraction of sp³-hybridized carbons (Fsp3) is 0.500. The van der Waals surface area contributed by atoms with Crippen LogP contribution in [0.1, 0.15) is 63.8 Å². The Labute approximate surface area is 170 Å². The summed E-state index contributed by atoms with van der Waals surface area (Å²) in [5, 5.41) is 6.71. The Hall–Kier alpha value is -2.70. The van der Waals surface area contributed by atoms with Gasteiger partial charge in [-0.1, -0.05) is 44.2 Å². The zero-order valence-electron chi connectivity index (χ0n) is 16.6. The van der Waals surface area contributed by atoms with Gasteiger partial charge in [0.15, 0.2) is 5.65 Å². The molecule has 5 rings (SSSR count). The van der Waals surface area contributed by atoms with Gasteiger partial charge in [0.2, 0.25) is 11.9 Å². The van der Waals surface area contributed by atoms with E-state index in [0.29, 0.717) is 29.7 Å². The smallest absolute Gasteiger partial charge is 0.224 e. The molecule has 2 saturated carbocycles. The normalized spacial score (nSPS) is 18.4. The lowest BCUT2D eigenvalue weighted by molar-refractivity contribution is 0.461. The van der Waals surface area contributed by atoms with Crippen LogP contribution in [-0.2, 0) is 0 Å². The van der Waals surface area contributed by atoms with Crippen LogP contribution in [0.5, 0.6) is 0 Å². The summed E-state index contributed by atoms with van der Waals surface area (Å²) < 4.78 is 16.4. The van der Waals surface area contributed by atoms with Gasteiger partial charge in [-0.25, -0.2) is 14.4 Å². The Morgan fingerprint density at radius 1 is 0.931 bits per heavy atom. The predicted octanol–water partition coefficient (Wildman–Crippen LogP) is 5.57. The molecule has 0 spiro atoms. The van der Waals surface area contributed by atoms with Crippen molar-refractivity contribution < 1.29 is 4.39 Å². The van der Waals surface area contributed by atoms with Crippen LogP contribution >= 0.6 is 0 Å². The highest BCUT2D eigenvalue weighted by Gasteiger charge is 2.25. The second kappa shape index (κ2) is 7.97. The van der Waals surface area contributed by atoms with Crippen molar-refractivity contribution >= 4 is 28.7 Å². The molecule has 0 bridgehead atoms. The van der Waals surface area contributed by atoms with Crippen LogP contribution in [0.4, 0.5) is 22.0 Å². The summed E-state index contributed by atoms with van der Waals surface area (Å²) in [7, 11) is 0. The number of aromatic nitrogens is 4. The molecule has 0 unspecified atom stereocenters. The molecule has 0 amide bonds. The van der Waals surface area contributed by atoms with Gasteiger partial charge in [-0.2, -0.15) is 4.98 Å². The second-order valence-electron chi connectivity index (χ2n) is 8.23. The Balaban J connectivity index is 1.52. The maximum atomic E-state index is 14.2. The van der Waals surface area contributed by atoms with Gasteiger partial charge < -0.3 is 10.6 Å². The van der Waals surface area contributed by atoms with Crippen molar-refractivity contribution in [2.45, 2.75) is 69.9 Å². The van der Waals surface area contributed by atoms with Gasteiger partial charge in [-0.05, 0) is 37.8 Å². The number of rotatable bonds is 5. The molecule has 2 fully saturated rings. The van der Waals surface area contributed by atoms with Crippen LogP contribution < -0.4 is 10.6 Å². The monoisotopic (exact) mass is 394 g/mol. The van der Waals surface area contributed by atoms with Gasteiger partial charge in [0, 0.05) is 12.1 Å². The zero-order chi connectivity index (χ0) is 19.6. The van der Waals surface area contributed by atoms with E-state index in [1.807, 2.05) is 6.07 Å². The molecule has 2 N–H and O–H groups in total. The van der Waals surface area contributed by atoms with Gasteiger partial charge >= 0.3 is 0 Å². The number of hydrogen-bond acceptors (Lipinski definition) is 5. The maximum Gasteiger partial charge on any atom is 0.224 e. The Morgan fingerprint density at radius 2 is 1.69 bits per heavy atom. The molecule has 2 aliphatic rings. The average Bonchev–Trinajstić information content (AvgIpc) is 3.37. The highest BCUT2D eigenvalue weighted by atomic mass is 19.1. The largest absolute Gasteiger partial charge is 0.351 e. The van der Waals surface area contributed by atoms with E-state index in [4.69, 9.17) is 9.97 Å². The van der Waals surface area contributed by atoms with Crippen molar-refractivity contribution in [3.8, 4) is 0 Å². The molecule has 0 atom stereocenters. The van der Waals surface area contributed by atoms with Crippen LogP contribution in [0.15, 0.2) is 30.5 Å². The van der Waals surface area contributed by atoms with Crippen LogP contribution in [-0.4, -0.2) is 25.6 Å². The van der Waals surface area contributed by atoms with Gasteiger partial charge in [0.25, 0.3) is 0 Å². The molecule has 0 radical (unpaired) electrons. The van der Waals surface area contributed by atoms with Crippen molar-refractivity contribution in [3.63, 3.8) is 0 Å². The van der Waals surface area contributed by atoms with Gasteiger partial charge in [0.05, 0.1) is 11.9 Å². The summed E-state index contributed by atoms with van der Waals surface area (Å²) >= 11 is 0. The number of hydrogen-bond donors (Lipinski definition) is 2. The van der Waals surface area contributed by atoms with E-state index >= 15 is 0 Å². The lowest BCUT2D eigenvalue weighted by atomic mass is 9.96. The Bertz CT molecular complexity index is 988. The molecule has 0 aliphatic heterocycles. The quantitative estimate of drug-likeness (QED) is 0.592. The van der Waals surface area contributed by atoms with E-state index in [0.717, 1.165) is 24.0 Å². The van der Waals surface area contributed by atoms with Crippen molar-refractivity contribution in [1.82, 2.24) is 19.5 Å². The summed E-state index contributed by atoms with van der Waals surface area (Å²) in [6.07, 6.45) is 12.5. The van der Waals surface area contributed by atoms with Gasteiger partial charge in [-0.15, -0.1) is 0 Å². The topological polar surface area (TPSA) is 67.7 Å². The van der Waals surface area contributed by atoms with E-state index in [9.17, 15) is 4.39 Å². The molecule has 7 heteroatoms. The lowest BCUT2D eigenvalue weighted by Crippen LogP contribution is -2.23. The highest BCUT2D eigenvalue weighted by molar-refractivity contribution is 5.76. The van der Waals surface area contributed by atoms with Crippen molar-refractivity contribution in [3.05, 3.63) is 36.3 Å². The van der Waals surface area contributed by atoms with E-state index in [2.05, 4.69) is 20.2 Å². The van der Waals surface area contributed by atoms with E-state index in [1.54, 1.807) is 18.3 Å². The zero-order valence-corrected chi connectivity index (χ0v) is 16.6. The number of nitrogens with zero attached hydrogens (tertiary/aromatic N) is 4. The van der Waals surface area contributed by atoms with Crippen molar-refractivity contribution in [2.75, 3.05) is 10.6 Å². The van der Waals surface area contributed by atoms with E-state index in [-0.39, 0.29) is 5.82 Å². The van der Waals surface area contributed by atoms with Crippen LogP contribution in [0.25, 0.3) is 11.2 Å². The first-order valence-electron chi connectivity index (χ1n) is 10.8. The second-order valence-corrected chi connectivity index (χ2v) is 8.23. The van der Waals surface area contributed by atoms with Crippen molar-refractivity contribution in [1.29, 1.82) is 0 Å². The minimum atomic E-state index is -0.289. The maximum absolute atomic E-state index is 14.2. The van der Waals surface area contributed by atoms with Crippen LogP contribution in [0, 0.1) is 5.82 Å². The average molecular weight is 394 g/mol. The SMILES string of the molecule is Fc1ccccc1Nc1nc2cnc(NC3CCCCC3)nc2n1C1CCCC1. The standard InChI is InChI=1S/C22H27FN6/c23-17-12-6-7-13-18(17)26-22-27-19-14-24-21(25-15-8-2-1-3-9-15)28-20(19)29(22)16-10-4-5-11-16/h6-7,12-16H,1-5,8-11H2,(H,26,27)(H,24,25,28). The summed E-state index contributed by atoms with van der Waals surface area (Å²) in [6, 6.07) is 7.47. The third kappa shape index (κ3) is 3.78. The highest BCUT2D eigenvalue weighted by Crippen LogP contribution is 2.36. The van der Waals surface area contributed by atoms with Crippen molar-refractivity contribution in [2.24, 2.45) is 0 Å². The first-order valence-corrected chi connectivity index (χ1v) is 10.8. The molecule has 152 valence electrons. The number of benzene rings is 1. The predicted molar refractivity (Wildman–Crippen MR) is 113 cm³/mol. The third-order valence-corrected chi connectivity index (χ3v) is 6.18. The Kier molecular flexibility index (Phi) is 5.04. The lowest BCUT2D eigenvalue weighted by Gasteiger charge is -2.22.